The van der Waals surface area contributed by atoms with Crippen LogP contribution in [0.1, 0.15) is 23.5 Å². The summed E-state index contributed by atoms with van der Waals surface area (Å²) in [5.41, 5.74) is 1.54. The van der Waals surface area contributed by atoms with E-state index in [0.29, 0.717) is 34.5 Å². The summed E-state index contributed by atoms with van der Waals surface area (Å²) in [6.45, 7) is 0. The first kappa shape index (κ1) is 23.0. The minimum absolute atomic E-state index is 0.0772. The third kappa shape index (κ3) is 4.64. The topological polar surface area (TPSA) is 81.7 Å². The molecule has 0 aromatic heterocycles. The van der Waals surface area contributed by atoms with E-state index in [1.807, 2.05) is 0 Å². The van der Waals surface area contributed by atoms with Crippen LogP contribution >= 0.6 is 0 Å². The predicted molar refractivity (Wildman–Crippen MR) is 111 cm³/mol. The molecule has 0 N–H and O–H groups in total. The zero-order chi connectivity index (χ0) is 22.3. The van der Waals surface area contributed by atoms with Crippen molar-refractivity contribution in [3.63, 3.8) is 0 Å². The number of ether oxygens (including phenoxy) is 7. The summed E-state index contributed by atoms with van der Waals surface area (Å²) in [6, 6.07) is 7.21. The Morgan fingerprint density at radius 1 is 0.633 bits per heavy atom. The highest BCUT2D eigenvalue weighted by atomic mass is 16.5. The molecule has 2 rings (SSSR count). The standard InChI is InChI=1S/C22H28O8/c1-24-16-8-13(9-17(25-2)21(16)29-6)15(12-20(23)28-5)14-10-18(26-3)22(30-7)19(11-14)27-4/h8-11,15H,12H2,1-7H3. The van der Waals surface area contributed by atoms with Gasteiger partial charge in [0, 0.05) is 5.92 Å². The van der Waals surface area contributed by atoms with Gasteiger partial charge in [0.2, 0.25) is 11.5 Å². The van der Waals surface area contributed by atoms with Crippen molar-refractivity contribution < 1.29 is 38.0 Å². The molecule has 30 heavy (non-hydrogen) atoms. The highest BCUT2D eigenvalue weighted by Gasteiger charge is 2.26. The first-order valence-corrected chi connectivity index (χ1v) is 9.14. The summed E-state index contributed by atoms with van der Waals surface area (Å²) in [6.07, 6.45) is 0.0772. The molecule has 2 aromatic carbocycles. The molecule has 0 radical (unpaired) electrons. The Morgan fingerprint density at radius 2 is 0.967 bits per heavy atom. The van der Waals surface area contributed by atoms with Gasteiger partial charge in [0.25, 0.3) is 0 Å². The van der Waals surface area contributed by atoms with E-state index >= 15 is 0 Å². The fourth-order valence-electron chi connectivity index (χ4n) is 3.28. The summed E-state index contributed by atoms with van der Waals surface area (Å²) in [5.74, 6) is 2.07. The van der Waals surface area contributed by atoms with Crippen LogP contribution in [0.4, 0.5) is 0 Å². The second-order valence-corrected chi connectivity index (χ2v) is 6.25. The second-order valence-electron chi connectivity index (χ2n) is 6.25. The van der Waals surface area contributed by atoms with Gasteiger partial charge in [0.1, 0.15) is 0 Å². The average molecular weight is 420 g/mol. The number of esters is 1. The Labute approximate surface area is 176 Å². The fourth-order valence-corrected chi connectivity index (χ4v) is 3.28. The molecule has 0 heterocycles. The van der Waals surface area contributed by atoms with Gasteiger partial charge < -0.3 is 33.2 Å². The number of carbonyl (C=O) groups is 1. The van der Waals surface area contributed by atoms with E-state index in [0.717, 1.165) is 11.1 Å². The van der Waals surface area contributed by atoms with Crippen molar-refractivity contribution in [1.82, 2.24) is 0 Å². The maximum atomic E-state index is 12.2. The minimum atomic E-state index is -0.403. The van der Waals surface area contributed by atoms with Gasteiger partial charge in [0.05, 0.1) is 56.2 Å². The lowest BCUT2D eigenvalue weighted by Crippen LogP contribution is -2.11. The van der Waals surface area contributed by atoms with Gasteiger partial charge in [-0.15, -0.1) is 0 Å². The maximum Gasteiger partial charge on any atom is 0.306 e. The first-order valence-electron chi connectivity index (χ1n) is 9.14. The van der Waals surface area contributed by atoms with Crippen LogP contribution in [0.15, 0.2) is 24.3 Å². The Balaban J connectivity index is 2.73. The molecule has 8 nitrogen and oxygen atoms in total. The van der Waals surface area contributed by atoms with Gasteiger partial charge in [-0.25, -0.2) is 0 Å². The molecule has 0 spiro atoms. The van der Waals surface area contributed by atoms with Crippen LogP contribution in [0.5, 0.6) is 34.5 Å². The molecule has 0 unspecified atom stereocenters. The normalized spacial score (nSPS) is 10.4. The van der Waals surface area contributed by atoms with Gasteiger partial charge >= 0.3 is 5.97 Å². The van der Waals surface area contributed by atoms with E-state index in [2.05, 4.69) is 0 Å². The molecule has 0 amide bonds. The summed E-state index contributed by atoms with van der Waals surface area (Å²) >= 11 is 0. The van der Waals surface area contributed by atoms with E-state index in [4.69, 9.17) is 33.2 Å². The predicted octanol–water partition coefficient (Wildman–Crippen LogP) is 3.43. The molecule has 0 aliphatic carbocycles. The van der Waals surface area contributed by atoms with Crippen LogP contribution in [0, 0.1) is 0 Å². The van der Waals surface area contributed by atoms with Gasteiger partial charge in [0.15, 0.2) is 23.0 Å². The Kier molecular flexibility index (Phi) is 8.03. The fraction of sp³-hybridized carbons (Fsp3) is 0.409. The summed E-state index contributed by atoms with van der Waals surface area (Å²) in [5, 5.41) is 0. The van der Waals surface area contributed by atoms with Crippen molar-refractivity contribution in [3.05, 3.63) is 35.4 Å². The van der Waals surface area contributed by atoms with Gasteiger partial charge in [-0.05, 0) is 35.4 Å². The molecule has 0 aliphatic rings. The number of hydrogen-bond acceptors (Lipinski definition) is 8. The third-order valence-corrected chi connectivity index (χ3v) is 4.78. The van der Waals surface area contributed by atoms with E-state index < -0.39 is 5.92 Å². The Hall–Kier alpha value is -3.29. The van der Waals surface area contributed by atoms with Crippen molar-refractivity contribution >= 4 is 5.97 Å². The van der Waals surface area contributed by atoms with Crippen LogP contribution in [0.25, 0.3) is 0 Å². The molecule has 8 heteroatoms. The lowest BCUT2D eigenvalue weighted by molar-refractivity contribution is -0.140. The monoisotopic (exact) mass is 420 g/mol. The summed E-state index contributed by atoms with van der Waals surface area (Å²) in [7, 11) is 10.6. The molecule has 164 valence electrons. The molecule has 0 fully saturated rings. The van der Waals surface area contributed by atoms with Crippen molar-refractivity contribution in [3.8, 4) is 34.5 Å². The van der Waals surface area contributed by atoms with Crippen LogP contribution in [0.2, 0.25) is 0 Å². The molecule has 0 saturated carbocycles. The van der Waals surface area contributed by atoms with Crippen LogP contribution in [-0.2, 0) is 9.53 Å². The number of hydrogen-bond donors (Lipinski definition) is 0. The van der Waals surface area contributed by atoms with E-state index in [1.54, 1.807) is 24.3 Å². The highest BCUT2D eigenvalue weighted by Crippen LogP contribution is 2.45. The van der Waals surface area contributed by atoms with Gasteiger partial charge in [-0.3, -0.25) is 4.79 Å². The van der Waals surface area contributed by atoms with Crippen LogP contribution in [0.3, 0.4) is 0 Å². The molecular weight excluding hydrogens is 392 g/mol. The van der Waals surface area contributed by atoms with Gasteiger partial charge in [-0.2, -0.15) is 0 Å². The Morgan fingerprint density at radius 3 is 1.20 bits per heavy atom. The molecule has 0 aliphatic heterocycles. The SMILES string of the molecule is COC(=O)CC(c1cc(OC)c(OC)c(OC)c1)c1cc(OC)c(OC)c(OC)c1. The molecule has 0 bridgehead atoms. The number of carbonyl (C=O) groups excluding carboxylic acids is 1. The van der Waals surface area contributed by atoms with Crippen LogP contribution in [-0.4, -0.2) is 55.7 Å². The van der Waals surface area contributed by atoms with Crippen LogP contribution < -0.4 is 28.4 Å². The van der Waals surface area contributed by atoms with Crippen molar-refractivity contribution in [2.75, 3.05) is 49.8 Å². The lowest BCUT2D eigenvalue weighted by atomic mass is 9.87. The molecule has 2 aromatic rings. The minimum Gasteiger partial charge on any atom is -0.493 e. The number of methoxy groups -OCH3 is 7. The average Bonchev–Trinajstić information content (AvgIpc) is 2.79. The quantitative estimate of drug-likeness (QED) is 0.541. The smallest absolute Gasteiger partial charge is 0.306 e. The Bertz CT molecular complexity index is 764. The van der Waals surface area contributed by atoms with Crippen molar-refractivity contribution in [2.24, 2.45) is 0 Å². The summed E-state index contributed by atoms with van der Waals surface area (Å²) < 4.78 is 37.6. The second kappa shape index (κ2) is 10.5. The largest absolute Gasteiger partial charge is 0.493 e. The lowest BCUT2D eigenvalue weighted by Gasteiger charge is -2.22. The van der Waals surface area contributed by atoms with Crippen molar-refractivity contribution in [1.29, 1.82) is 0 Å². The maximum absolute atomic E-state index is 12.2. The molecule has 0 saturated heterocycles. The molecular formula is C22H28O8. The van der Waals surface area contributed by atoms with E-state index in [9.17, 15) is 4.79 Å². The first-order chi connectivity index (χ1) is 14.5. The zero-order valence-corrected chi connectivity index (χ0v) is 18.4. The zero-order valence-electron chi connectivity index (χ0n) is 18.4. The number of rotatable bonds is 10. The summed E-state index contributed by atoms with van der Waals surface area (Å²) in [4.78, 5) is 12.2. The third-order valence-electron chi connectivity index (χ3n) is 4.78. The number of benzene rings is 2. The molecule has 0 atom stereocenters. The van der Waals surface area contributed by atoms with Gasteiger partial charge in [-0.1, -0.05) is 0 Å². The van der Waals surface area contributed by atoms with E-state index in [1.165, 1.54) is 49.8 Å². The highest BCUT2D eigenvalue weighted by molar-refractivity contribution is 5.72. The van der Waals surface area contributed by atoms with E-state index in [-0.39, 0.29) is 12.4 Å². The van der Waals surface area contributed by atoms with Crippen molar-refractivity contribution in [2.45, 2.75) is 12.3 Å².